The van der Waals surface area contributed by atoms with Crippen molar-refractivity contribution in [1.82, 2.24) is 10.6 Å². The number of aliphatic imine (C=N–C) groups is 1. The van der Waals surface area contributed by atoms with Gasteiger partial charge in [-0.2, -0.15) is 0 Å². The van der Waals surface area contributed by atoms with E-state index >= 15 is 0 Å². The van der Waals surface area contributed by atoms with E-state index in [1.165, 1.54) is 6.07 Å². The molecule has 2 atom stereocenters. The predicted octanol–water partition coefficient (Wildman–Crippen LogP) is 3.26. The third kappa shape index (κ3) is 4.00. The second kappa shape index (κ2) is 7.62. The molecule has 1 aliphatic rings. The Hall–Kier alpha value is -1.57. The van der Waals surface area contributed by atoms with Crippen LogP contribution < -0.4 is 10.6 Å². The van der Waals surface area contributed by atoms with Crippen molar-refractivity contribution in [3.05, 3.63) is 59.8 Å². The molecular formula is C16H19FIN3O. The van der Waals surface area contributed by atoms with Gasteiger partial charge in [0.1, 0.15) is 11.6 Å². The molecule has 0 spiro atoms. The first-order valence-electron chi connectivity index (χ1n) is 7.02. The van der Waals surface area contributed by atoms with Crippen molar-refractivity contribution in [2.45, 2.75) is 24.9 Å². The number of halogens is 2. The first-order valence-corrected chi connectivity index (χ1v) is 7.02. The van der Waals surface area contributed by atoms with Gasteiger partial charge in [-0.25, -0.2) is 4.39 Å². The first-order chi connectivity index (χ1) is 10.3. The number of furan rings is 1. The number of hydrogen-bond donors (Lipinski definition) is 2. The molecule has 3 rings (SSSR count). The molecule has 1 aromatic carbocycles. The zero-order chi connectivity index (χ0) is 14.7. The van der Waals surface area contributed by atoms with Gasteiger partial charge in [-0.05, 0) is 30.2 Å². The summed E-state index contributed by atoms with van der Waals surface area (Å²) in [7, 11) is 1.72. The lowest BCUT2D eigenvalue weighted by atomic mass is 10.1. The number of rotatable bonds is 4. The lowest BCUT2D eigenvalue weighted by Crippen LogP contribution is -2.38. The second-order valence-electron chi connectivity index (χ2n) is 5.12. The average molecular weight is 415 g/mol. The molecule has 6 heteroatoms. The summed E-state index contributed by atoms with van der Waals surface area (Å²) in [5.74, 6) is 1.63. The highest BCUT2D eigenvalue weighted by atomic mass is 127. The van der Waals surface area contributed by atoms with Gasteiger partial charge in [0.05, 0.1) is 12.8 Å². The zero-order valence-electron chi connectivity index (χ0n) is 12.3. The Bertz CT molecular complexity index is 630. The Balaban J connectivity index is 0.00000176. The number of guanidine groups is 1. The molecule has 2 N–H and O–H groups in total. The van der Waals surface area contributed by atoms with Crippen molar-refractivity contribution in [2.75, 3.05) is 7.05 Å². The van der Waals surface area contributed by atoms with E-state index in [-0.39, 0.29) is 41.8 Å². The molecule has 1 fully saturated rings. The predicted molar refractivity (Wildman–Crippen MR) is 95.0 cm³/mol. The smallest absolute Gasteiger partial charge is 0.191 e. The third-order valence-corrected chi connectivity index (χ3v) is 3.65. The van der Waals surface area contributed by atoms with Crippen molar-refractivity contribution in [3.8, 4) is 0 Å². The topological polar surface area (TPSA) is 49.6 Å². The fraction of sp³-hybridized carbons (Fsp3) is 0.312. The van der Waals surface area contributed by atoms with Crippen LogP contribution in [0, 0.1) is 5.82 Å². The van der Waals surface area contributed by atoms with Crippen LogP contribution in [-0.2, 0) is 6.54 Å². The molecule has 1 saturated carbocycles. The summed E-state index contributed by atoms with van der Waals surface area (Å²) in [4.78, 5) is 4.18. The van der Waals surface area contributed by atoms with Gasteiger partial charge in [-0.1, -0.05) is 18.2 Å². The molecule has 1 aromatic heterocycles. The summed E-state index contributed by atoms with van der Waals surface area (Å²) < 4.78 is 19.0. The van der Waals surface area contributed by atoms with Crippen LogP contribution in [0.2, 0.25) is 0 Å². The van der Waals surface area contributed by atoms with Gasteiger partial charge in [0.15, 0.2) is 5.96 Å². The van der Waals surface area contributed by atoms with E-state index in [9.17, 15) is 4.39 Å². The Morgan fingerprint density at radius 1 is 1.32 bits per heavy atom. The maximum Gasteiger partial charge on any atom is 0.191 e. The number of nitrogens with one attached hydrogen (secondary N) is 2. The quantitative estimate of drug-likeness (QED) is 0.458. The SMILES string of the molecule is CN=C(NCc1ccco1)NC1CC1c1ccccc1F.I. The maximum atomic E-state index is 13.7. The number of benzene rings is 1. The average Bonchev–Trinajstić information content (AvgIpc) is 3.05. The van der Waals surface area contributed by atoms with Crippen LogP contribution in [0.1, 0.15) is 23.7 Å². The summed E-state index contributed by atoms with van der Waals surface area (Å²) in [6.45, 7) is 0.573. The van der Waals surface area contributed by atoms with Crippen LogP contribution in [0.3, 0.4) is 0 Å². The van der Waals surface area contributed by atoms with E-state index in [0.717, 1.165) is 17.7 Å². The summed E-state index contributed by atoms with van der Waals surface area (Å²) in [6.07, 6.45) is 2.56. The largest absolute Gasteiger partial charge is 0.467 e. The molecule has 2 unspecified atom stereocenters. The van der Waals surface area contributed by atoms with Crippen LogP contribution >= 0.6 is 24.0 Å². The van der Waals surface area contributed by atoms with E-state index < -0.39 is 0 Å². The van der Waals surface area contributed by atoms with Crippen molar-refractivity contribution in [3.63, 3.8) is 0 Å². The van der Waals surface area contributed by atoms with Crippen LogP contribution in [0.25, 0.3) is 0 Å². The Kier molecular flexibility index (Phi) is 5.82. The fourth-order valence-electron chi connectivity index (χ4n) is 2.43. The van der Waals surface area contributed by atoms with Crippen LogP contribution in [0.5, 0.6) is 0 Å². The van der Waals surface area contributed by atoms with Gasteiger partial charge in [0, 0.05) is 19.0 Å². The summed E-state index contributed by atoms with van der Waals surface area (Å²) >= 11 is 0. The molecule has 0 radical (unpaired) electrons. The molecule has 1 heterocycles. The summed E-state index contributed by atoms with van der Waals surface area (Å²) in [5.41, 5.74) is 0.775. The van der Waals surface area contributed by atoms with Crippen LogP contribution in [0.4, 0.5) is 4.39 Å². The second-order valence-corrected chi connectivity index (χ2v) is 5.12. The molecule has 118 valence electrons. The van der Waals surface area contributed by atoms with Gasteiger partial charge < -0.3 is 15.1 Å². The van der Waals surface area contributed by atoms with Crippen molar-refractivity contribution in [2.24, 2.45) is 4.99 Å². The molecule has 0 bridgehead atoms. The molecule has 22 heavy (non-hydrogen) atoms. The van der Waals surface area contributed by atoms with Gasteiger partial charge in [0.25, 0.3) is 0 Å². The van der Waals surface area contributed by atoms with Crippen LogP contribution in [-0.4, -0.2) is 19.0 Å². The lowest BCUT2D eigenvalue weighted by molar-refractivity contribution is 0.501. The first kappa shape index (κ1) is 16.8. The fourth-order valence-corrected chi connectivity index (χ4v) is 2.43. The zero-order valence-corrected chi connectivity index (χ0v) is 14.6. The minimum atomic E-state index is -0.134. The number of hydrogen-bond acceptors (Lipinski definition) is 2. The highest BCUT2D eigenvalue weighted by Gasteiger charge is 2.40. The molecule has 1 aliphatic carbocycles. The molecule has 4 nitrogen and oxygen atoms in total. The molecule has 2 aromatic rings. The summed E-state index contributed by atoms with van der Waals surface area (Å²) in [5, 5.41) is 6.49. The van der Waals surface area contributed by atoms with Gasteiger partial charge in [0.2, 0.25) is 0 Å². The summed E-state index contributed by atoms with van der Waals surface area (Å²) in [6, 6.07) is 10.9. The Labute approximate surface area is 146 Å². The van der Waals surface area contributed by atoms with Crippen molar-refractivity contribution in [1.29, 1.82) is 0 Å². The molecular weight excluding hydrogens is 396 g/mol. The molecule has 0 saturated heterocycles. The highest BCUT2D eigenvalue weighted by molar-refractivity contribution is 14.0. The van der Waals surface area contributed by atoms with E-state index in [0.29, 0.717) is 12.5 Å². The molecule has 0 amide bonds. The monoisotopic (exact) mass is 415 g/mol. The van der Waals surface area contributed by atoms with Crippen molar-refractivity contribution < 1.29 is 8.81 Å². The van der Waals surface area contributed by atoms with Crippen molar-refractivity contribution >= 4 is 29.9 Å². The minimum Gasteiger partial charge on any atom is -0.467 e. The Morgan fingerprint density at radius 3 is 2.82 bits per heavy atom. The van der Waals surface area contributed by atoms with Gasteiger partial charge in [-0.3, -0.25) is 4.99 Å². The van der Waals surface area contributed by atoms with E-state index in [4.69, 9.17) is 4.42 Å². The van der Waals surface area contributed by atoms with Gasteiger partial charge >= 0.3 is 0 Å². The van der Waals surface area contributed by atoms with Crippen LogP contribution in [0.15, 0.2) is 52.1 Å². The normalized spacial score (nSPS) is 20.2. The molecule has 0 aliphatic heterocycles. The van der Waals surface area contributed by atoms with Gasteiger partial charge in [-0.15, -0.1) is 24.0 Å². The minimum absolute atomic E-state index is 0. The Morgan fingerprint density at radius 2 is 2.14 bits per heavy atom. The standard InChI is InChI=1S/C16H18FN3O.HI/c1-18-16(19-10-11-5-4-8-21-11)20-15-9-13(15)12-6-2-3-7-14(12)17;/h2-8,13,15H,9-10H2,1H3,(H2,18,19,20);1H. The van der Waals surface area contributed by atoms with E-state index in [1.54, 1.807) is 19.4 Å². The number of nitrogens with zero attached hydrogens (tertiary/aromatic N) is 1. The lowest BCUT2D eigenvalue weighted by Gasteiger charge is -2.11. The van der Waals surface area contributed by atoms with E-state index in [1.807, 2.05) is 24.3 Å². The third-order valence-electron chi connectivity index (χ3n) is 3.65. The highest BCUT2D eigenvalue weighted by Crippen LogP contribution is 2.41. The maximum absolute atomic E-state index is 13.7. The van der Waals surface area contributed by atoms with E-state index in [2.05, 4.69) is 15.6 Å².